The van der Waals surface area contributed by atoms with Crippen molar-refractivity contribution in [2.75, 3.05) is 24.5 Å². The molecule has 0 unspecified atom stereocenters. The maximum Gasteiger partial charge on any atom is 0.264 e. The van der Waals surface area contributed by atoms with E-state index in [9.17, 15) is 13.2 Å². The van der Waals surface area contributed by atoms with E-state index in [1.54, 1.807) is 31.4 Å². The molecule has 0 saturated carbocycles. The topological polar surface area (TPSA) is 66.9 Å². The fraction of sp³-hybridized carbons (Fsp3) is 0.296. The predicted octanol–water partition coefficient (Wildman–Crippen LogP) is 4.81. The minimum atomic E-state index is -3.70. The number of carbonyl (C=O) groups is 1. The monoisotopic (exact) mass is 476 g/mol. The number of likely N-dealkylation sites (tertiary alicyclic amines) is 1. The molecule has 176 valence electrons. The van der Waals surface area contributed by atoms with Crippen molar-refractivity contribution in [1.29, 1.82) is 0 Å². The molecule has 2 aliphatic heterocycles. The number of hydrogen-bond donors (Lipinski definition) is 0. The Kier molecular flexibility index (Phi) is 6.04. The lowest BCUT2D eigenvalue weighted by Crippen LogP contribution is -2.35. The zero-order valence-electron chi connectivity index (χ0n) is 19.2. The van der Waals surface area contributed by atoms with Crippen LogP contribution in [0.1, 0.15) is 46.8 Å². The Morgan fingerprint density at radius 3 is 2.38 bits per heavy atom. The highest BCUT2D eigenvalue weighted by Gasteiger charge is 2.32. The molecule has 2 heterocycles. The third kappa shape index (κ3) is 4.05. The summed E-state index contributed by atoms with van der Waals surface area (Å²) >= 11 is 0. The number of nitrogens with zero attached hydrogens (tertiary/aromatic N) is 2. The maximum atomic E-state index is 13.4. The first kappa shape index (κ1) is 22.5. The van der Waals surface area contributed by atoms with Crippen LogP contribution in [0.5, 0.6) is 5.75 Å². The zero-order chi connectivity index (χ0) is 23.7. The lowest BCUT2D eigenvalue weighted by atomic mass is 10.0. The van der Waals surface area contributed by atoms with Crippen LogP contribution in [0, 0.1) is 0 Å². The SMILES string of the molecule is COc1ccc([C@H]2CCCN2C(=O)c2ccc(S(=O)(=O)N3CCCc4ccccc43)cc2)cc1. The molecule has 3 aromatic rings. The molecular weight excluding hydrogens is 448 g/mol. The summed E-state index contributed by atoms with van der Waals surface area (Å²) in [4.78, 5) is 15.4. The lowest BCUT2D eigenvalue weighted by Gasteiger charge is -2.30. The summed E-state index contributed by atoms with van der Waals surface area (Å²) in [6.07, 6.45) is 3.50. The fourth-order valence-corrected chi connectivity index (χ4v) is 6.53. The molecule has 1 atom stereocenters. The molecule has 2 aliphatic rings. The number of para-hydroxylation sites is 1. The number of rotatable bonds is 5. The van der Waals surface area contributed by atoms with Gasteiger partial charge in [-0.1, -0.05) is 30.3 Å². The van der Waals surface area contributed by atoms with Crippen molar-refractivity contribution in [3.63, 3.8) is 0 Å². The van der Waals surface area contributed by atoms with Crippen LogP contribution in [0.3, 0.4) is 0 Å². The molecule has 6 nitrogen and oxygen atoms in total. The van der Waals surface area contributed by atoms with Crippen LogP contribution in [-0.4, -0.2) is 39.4 Å². The second kappa shape index (κ2) is 9.14. The smallest absolute Gasteiger partial charge is 0.264 e. The molecule has 1 fully saturated rings. The first-order chi connectivity index (χ1) is 16.5. The molecule has 0 spiro atoms. The molecule has 3 aromatic carbocycles. The van der Waals surface area contributed by atoms with Gasteiger partial charge in [0.15, 0.2) is 0 Å². The second-order valence-electron chi connectivity index (χ2n) is 8.76. The average molecular weight is 477 g/mol. The van der Waals surface area contributed by atoms with E-state index in [4.69, 9.17) is 4.74 Å². The van der Waals surface area contributed by atoms with Gasteiger partial charge in [-0.2, -0.15) is 0 Å². The van der Waals surface area contributed by atoms with Crippen molar-refractivity contribution in [3.05, 3.63) is 89.5 Å². The summed E-state index contributed by atoms with van der Waals surface area (Å²) < 4.78 is 33.5. The van der Waals surface area contributed by atoms with Gasteiger partial charge in [0.05, 0.1) is 23.7 Å². The summed E-state index contributed by atoms with van der Waals surface area (Å²) in [6.45, 7) is 1.14. The Morgan fingerprint density at radius 2 is 1.65 bits per heavy atom. The van der Waals surface area contributed by atoms with Gasteiger partial charge < -0.3 is 9.64 Å². The van der Waals surface area contributed by atoms with Crippen molar-refractivity contribution in [2.45, 2.75) is 36.6 Å². The van der Waals surface area contributed by atoms with Gasteiger partial charge >= 0.3 is 0 Å². The van der Waals surface area contributed by atoms with E-state index in [1.165, 1.54) is 4.31 Å². The van der Waals surface area contributed by atoms with Crippen LogP contribution < -0.4 is 9.04 Å². The van der Waals surface area contributed by atoms with Gasteiger partial charge in [-0.05, 0) is 79.3 Å². The van der Waals surface area contributed by atoms with Gasteiger partial charge in [0.25, 0.3) is 15.9 Å². The summed E-state index contributed by atoms with van der Waals surface area (Å²) in [6, 6.07) is 21.8. The quantitative estimate of drug-likeness (QED) is 0.530. The first-order valence-corrected chi connectivity index (χ1v) is 13.1. The number of fused-ring (bicyclic) bond motifs is 1. The van der Waals surface area contributed by atoms with E-state index in [1.807, 2.05) is 53.4 Å². The molecule has 5 rings (SSSR count). The zero-order valence-corrected chi connectivity index (χ0v) is 20.0. The van der Waals surface area contributed by atoms with Crippen LogP contribution >= 0.6 is 0 Å². The summed E-state index contributed by atoms with van der Waals surface area (Å²) in [5, 5.41) is 0. The fourth-order valence-electron chi connectivity index (χ4n) is 4.99. The third-order valence-electron chi connectivity index (χ3n) is 6.77. The van der Waals surface area contributed by atoms with Crippen LogP contribution in [-0.2, 0) is 16.4 Å². The van der Waals surface area contributed by atoms with E-state index in [0.29, 0.717) is 18.7 Å². The number of aryl methyl sites for hydroxylation is 1. The molecule has 0 radical (unpaired) electrons. The van der Waals surface area contributed by atoms with Gasteiger partial charge in [-0.25, -0.2) is 8.42 Å². The van der Waals surface area contributed by atoms with Crippen LogP contribution in [0.15, 0.2) is 77.7 Å². The van der Waals surface area contributed by atoms with Crippen LogP contribution in [0.25, 0.3) is 0 Å². The lowest BCUT2D eigenvalue weighted by molar-refractivity contribution is 0.0735. The van der Waals surface area contributed by atoms with E-state index < -0.39 is 10.0 Å². The predicted molar refractivity (Wildman–Crippen MR) is 132 cm³/mol. The maximum absolute atomic E-state index is 13.4. The number of methoxy groups -OCH3 is 1. The molecule has 7 heteroatoms. The number of ether oxygens (including phenoxy) is 1. The molecule has 34 heavy (non-hydrogen) atoms. The molecule has 0 aliphatic carbocycles. The van der Waals surface area contributed by atoms with Gasteiger partial charge in [0.2, 0.25) is 0 Å². The summed E-state index contributed by atoms with van der Waals surface area (Å²) in [5.74, 6) is 0.707. The van der Waals surface area contributed by atoms with Crippen molar-refractivity contribution in [2.24, 2.45) is 0 Å². The molecule has 1 amide bonds. The average Bonchev–Trinajstić information content (AvgIpc) is 3.38. The van der Waals surface area contributed by atoms with E-state index in [0.717, 1.165) is 48.2 Å². The minimum absolute atomic E-state index is 0.00617. The third-order valence-corrected chi connectivity index (χ3v) is 8.60. The van der Waals surface area contributed by atoms with E-state index in [-0.39, 0.29) is 16.8 Å². The molecule has 0 bridgehead atoms. The number of benzene rings is 3. The highest BCUT2D eigenvalue weighted by atomic mass is 32.2. The van der Waals surface area contributed by atoms with Gasteiger partial charge in [0.1, 0.15) is 5.75 Å². The largest absolute Gasteiger partial charge is 0.497 e. The standard InChI is InChI=1S/C27H28N2O4S/c1-33-23-14-10-21(11-15-23)25-9-5-18-28(25)27(30)22-12-16-24(17-13-22)34(31,32)29-19-4-7-20-6-2-3-8-26(20)29/h2-3,6,8,10-17,25H,4-5,7,9,18-19H2,1H3/t25-/m1/s1. The Hall–Kier alpha value is -3.32. The number of amides is 1. The Balaban J connectivity index is 1.37. The molecule has 1 saturated heterocycles. The number of carbonyl (C=O) groups excluding carboxylic acids is 1. The van der Waals surface area contributed by atoms with E-state index in [2.05, 4.69) is 0 Å². The second-order valence-corrected chi connectivity index (χ2v) is 10.6. The number of hydrogen-bond acceptors (Lipinski definition) is 4. The molecule has 0 aromatic heterocycles. The Bertz CT molecular complexity index is 1290. The molecular formula is C27H28N2O4S. The highest BCUT2D eigenvalue weighted by molar-refractivity contribution is 7.92. The van der Waals surface area contributed by atoms with Crippen molar-refractivity contribution in [1.82, 2.24) is 4.90 Å². The van der Waals surface area contributed by atoms with Crippen molar-refractivity contribution >= 4 is 21.6 Å². The Labute approximate surface area is 200 Å². The van der Waals surface area contributed by atoms with Crippen LogP contribution in [0.2, 0.25) is 0 Å². The number of sulfonamides is 1. The summed E-state index contributed by atoms with van der Waals surface area (Å²) in [5.41, 5.74) is 3.36. The van der Waals surface area contributed by atoms with Gasteiger partial charge in [-0.15, -0.1) is 0 Å². The van der Waals surface area contributed by atoms with Crippen molar-refractivity contribution < 1.29 is 17.9 Å². The van der Waals surface area contributed by atoms with Gasteiger partial charge in [-0.3, -0.25) is 9.10 Å². The minimum Gasteiger partial charge on any atom is -0.497 e. The van der Waals surface area contributed by atoms with E-state index >= 15 is 0 Å². The van der Waals surface area contributed by atoms with Crippen LogP contribution in [0.4, 0.5) is 5.69 Å². The molecule has 0 N–H and O–H groups in total. The first-order valence-electron chi connectivity index (χ1n) is 11.6. The highest BCUT2D eigenvalue weighted by Crippen LogP contribution is 2.35. The normalized spacial score (nSPS) is 18.0. The summed E-state index contributed by atoms with van der Waals surface area (Å²) in [7, 11) is -2.07. The number of anilines is 1. The van der Waals surface area contributed by atoms with Gasteiger partial charge in [0, 0.05) is 18.7 Å². The Morgan fingerprint density at radius 1 is 0.912 bits per heavy atom. The van der Waals surface area contributed by atoms with Crippen molar-refractivity contribution in [3.8, 4) is 5.75 Å².